The molecule has 4 nitrogen and oxygen atoms in total. The first kappa shape index (κ1) is 14.9. The summed E-state index contributed by atoms with van der Waals surface area (Å²) in [4.78, 5) is 0. The lowest BCUT2D eigenvalue weighted by molar-refractivity contribution is 0.630. The van der Waals surface area contributed by atoms with E-state index in [1.165, 1.54) is 6.07 Å². The molecule has 21 heavy (non-hydrogen) atoms. The minimum atomic E-state index is -0.377. The van der Waals surface area contributed by atoms with Crippen molar-refractivity contribution >= 4 is 11.5 Å². The summed E-state index contributed by atoms with van der Waals surface area (Å²) in [6.45, 7) is 5.74. The van der Waals surface area contributed by atoms with Crippen molar-refractivity contribution in [2.45, 2.75) is 33.6 Å². The molecule has 0 aliphatic heterocycles. The van der Waals surface area contributed by atoms with Crippen molar-refractivity contribution in [3.05, 3.63) is 46.4 Å². The predicted molar refractivity (Wildman–Crippen MR) is 79.9 cm³/mol. The first-order valence-corrected chi connectivity index (χ1v) is 6.93. The van der Waals surface area contributed by atoms with Gasteiger partial charge in [-0.15, -0.1) is 5.10 Å². The van der Waals surface area contributed by atoms with Gasteiger partial charge in [-0.25, -0.2) is 4.39 Å². The van der Waals surface area contributed by atoms with Crippen molar-refractivity contribution in [1.29, 1.82) is 5.26 Å². The zero-order valence-corrected chi connectivity index (χ0v) is 12.4. The lowest BCUT2D eigenvalue weighted by atomic mass is 10.0. The molecule has 2 aromatic rings. The Morgan fingerprint density at radius 1 is 1.24 bits per heavy atom. The highest BCUT2D eigenvalue weighted by Crippen LogP contribution is 2.26. The zero-order chi connectivity index (χ0) is 15.4. The average molecular weight is 284 g/mol. The molecule has 2 rings (SSSR count). The fourth-order valence-corrected chi connectivity index (χ4v) is 2.29. The number of hydrogen-bond acceptors (Lipinski definition) is 4. The minimum Gasteiger partial charge on any atom is -0.335 e. The maximum absolute atomic E-state index is 13.9. The van der Waals surface area contributed by atoms with Crippen LogP contribution in [0.3, 0.4) is 0 Å². The summed E-state index contributed by atoms with van der Waals surface area (Å²) in [6.07, 6.45) is 1.40. The van der Waals surface area contributed by atoms with Gasteiger partial charge in [-0.05, 0) is 37.0 Å². The van der Waals surface area contributed by atoms with Crippen LogP contribution >= 0.6 is 0 Å². The van der Waals surface area contributed by atoms with Gasteiger partial charge in [-0.2, -0.15) is 10.4 Å². The van der Waals surface area contributed by atoms with E-state index in [9.17, 15) is 9.65 Å². The number of anilines is 2. The van der Waals surface area contributed by atoms with Crippen LogP contribution in [0, 0.1) is 24.1 Å². The molecular formula is C16H17FN4. The number of para-hydroxylation sites is 1. The SMILES string of the molecule is CCc1nnc(Nc2c(C)cccc2F)c(C#N)c1CC. The summed E-state index contributed by atoms with van der Waals surface area (Å²) in [7, 11) is 0. The van der Waals surface area contributed by atoms with Crippen LogP contribution in [0.5, 0.6) is 0 Å². The Morgan fingerprint density at radius 3 is 2.57 bits per heavy atom. The number of aromatic nitrogens is 2. The van der Waals surface area contributed by atoms with Crippen LogP contribution in [-0.4, -0.2) is 10.2 Å². The van der Waals surface area contributed by atoms with E-state index in [0.29, 0.717) is 29.9 Å². The van der Waals surface area contributed by atoms with Gasteiger partial charge in [-0.1, -0.05) is 26.0 Å². The third-order valence-corrected chi connectivity index (χ3v) is 3.42. The number of halogens is 1. The first-order chi connectivity index (χ1) is 10.1. The number of aryl methyl sites for hydroxylation is 2. The van der Waals surface area contributed by atoms with Crippen LogP contribution in [0.2, 0.25) is 0 Å². The van der Waals surface area contributed by atoms with Gasteiger partial charge in [0, 0.05) is 0 Å². The van der Waals surface area contributed by atoms with Gasteiger partial charge >= 0.3 is 0 Å². The molecule has 108 valence electrons. The molecule has 0 unspecified atom stereocenters. The second-order valence-corrected chi connectivity index (χ2v) is 4.72. The monoisotopic (exact) mass is 284 g/mol. The summed E-state index contributed by atoms with van der Waals surface area (Å²) in [5.41, 5.74) is 3.19. The average Bonchev–Trinajstić information content (AvgIpc) is 2.50. The maximum Gasteiger partial charge on any atom is 0.171 e. The molecule has 0 amide bonds. The molecule has 0 radical (unpaired) electrons. The molecule has 0 atom stereocenters. The van der Waals surface area contributed by atoms with Crippen LogP contribution in [-0.2, 0) is 12.8 Å². The smallest absolute Gasteiger partial charge is 0.171 e. The Bertz CT molecular complexity index is 684. The third-order valence-electron chi connectivity index (χ3n) is 3.42. The highest BCUT2D eigenvalue weighted by Gasteiger charge is 2.16. The Kier molecular flexibility index (Phi) is 4.49. The molecule has 0 fully saturated rings. The Labute approximate surface area is 123 Å². The van der Waals surface area contributed by atoms with Crippen molar-refractivity contribution in [2.75, 3.05) is 5.32 Å². The van der Waals surface area contributed by atoms with Crippen molar-refractivity contribution in [2.24, 2.45) is 0 Å². The van der Waals surface area contributed by atoms with Crippen LogP contribution in [0.4, 0.5) is 15.9 Å². The van der Waals surface area contributed by atoms with E-state index >= 15 is 0 Å². The summed E-state index contributed by atoms with van der Waals surface area (Å²) in [6, 6.07) is 6.97. The Hall–Kier alpha value is -2.48. The van der Waals surface area contributed by atoms with Gasteiger partial charge in [-0.3, -0.25) is 0 Å². The lowest BCUT2D eigenvalue weighted by Crippen LogP contribution is -2.08. The van der Waals surface area contributed by atoms with E-state index in [2.05, 4.69) is 21.6 Å². The molecule has 1 heterocycles. The van der Waals surface area contributed by atoms with E-state index in [-0.39, 0.29) is 5.82 Å². The fraction of sp³-hybridized carbons (Fsp3) is 0.312. The molecule has 0 saturated carbocycles. The van der Waals surface area contributed by atoms with Crippen molar-refractivity contribution in [3.8, 4) is 6.07 Å². The van der Waals surface area contributed by atoms with Gasteiger partial charge in [0.05, 0.1) is 11.4 Å². The maximum atomic E-state index is 13.9. The van der Waals surface area contributed by atoms with Crippen molar-refractivity contribution < 1.29 is 4.39 Å². The summed E-state index contributed by atoms with van der Waals surface area (Å²) < 4.78 is 13.9. The van der Waals surface area contributed by atoms with E-state index in [4.69, 9.17) is 0 Å². The first-order valence-electron chi connectivity index (χ1n) is 6.93. The van der Waals surface area contributed by atoms with Gasteiger partial charge in [0.2, 0.25) is 0 Å². The molecule has 0 bridgehead atoms. The van der Waals surface area contributed by atoms with Crippen molar-refractivity contribution in [1.82, 2.24) is 10.2 Å². The van der Waals surface area contributed by atoms with Gasteiger partial charge < -0.3 is 5.32 Å². The van der Waals surface area contributed by atoms with E-state index in [1.54, 1.807) is 19.1 Å². The van der Waals surface area contributed by atoms with Crippen molar-refractivity contribution in [3.63, 3.8) is 0 Å². The van der Waals surface area contributed by atoms with Crippen LogP contribution in [0.25, 0.3) is 0 Å². The van der Waals surface area contributed by atoms with Crippen LogP contribution in [0.1, 0.15) is 36.2 Å². The topological polar surface area (TPSA) is 61.6 Å². The fourth-order valence-electron chi connectivity index (χ4n) is 2.29. The molecule has 5 heteroatoms. The highest BCUT2D eigenvalue weighted by molar-refractivity contribution is 5.67. The second-order valence-electron chi connectivity index (χ2n) is 4.72. The van der Waals surface area contributed by atoms with Gasteiger partial charge in [0.15, 0.2) is 5.82 Å². The number of nitriles is 1. The standard InChI is InChI=1S/C16H17FN4/c1-4-11-12(9-18)16(21-20-14(11)5-2)19-15-10(3)7-6-8-13(15)17/h6-8H,4-5H2,1-3H3,(H,19,21). The van der Waals surface area contributed by atoms with Crippen LogP contribution in [0.15, 0.2) is 18.2 Å². The summed E-state index contributed by atoms with van der Waals surface area (Å²) in [5, 5.41) is 20.5. The highest BCUT2D eigenvalue weighted by atomic mass is 19.1. The number of nitrogens with one attached hydrogen (secondary N) is 1. The predicted octanol–water partition coefficient (Wildman–Crippen LogP) is 3.66. The van der Waals surface area contributed by atoms with E-state index in [1.807, 2.05) is 13.8 Å². The minimum absolute atomic E-state index is 0.305. The molecule has 0 spiro atoms. The van der Waals surface area contributed by atoms with E-state index in [0.717, 1.165) is 16.8 Å². The molecular weight excluding hydrogens is 267 g/mol. The molecule has 0 aliphatic carbocycles. The molecule has 1 N–H and O–H groups in total. The summed E-state index contributed by atoms with van der Waals surface area (Å²) >= 11 is 0. The number of hydrogen-bond donors (Lipinski definition) is 1. The third kappa shape index (κ3) is 2.84. The zero-order valence-electron chi connectivity index (χ0n) is 12.4. The lowest BCUT2D eigenvalue weighted by Gasteiger charge is -2.13. The number of nitrogens with zero attached hydrogens (tertiary/aromatic N) is 3. The molecule has 1 aromatic heterocycles. The quantitative estimate of drug-likeness (QED) is 0.930. The molecule has 0 aliphatic rings. The second kappa shape index (κ2) is 6.31. The number of rotatable bonds is 4. The van der Waals surface area contributed by atoms with E-state index < -0.39 is 0 Å². The molecule has 1 aromatic carbocycles. The molecule has 0 saturated heterocycles. The normalized spacial score (nSPS) is 10.2. The van der Waals surface area contributed by atoms with Crippen LogP contribution < -0.4 is 5.32 Å². The van der Waals surface area contributed by atoms with Gasteiger partial charge in [0.25, 0.3) is 0 Å². The Balaban J connectivity index is 2.53. The van der Waals surface area contributed by atoms with Gasteiger partial charge in [0.1, 0.15) is 17.4 Å². The number of benzene rings is 1. The summed E-state index contributed by atoms with van der Waals surface area (Å²) in [5.74, 6) is -0.0712. The Morgan fingerprint density at radius 2 is 2.00 bits per heavy atom. The largest absolute Gasteiger partial charge is 0.335 e.